The smallest absolute Gasteiger partial charge is 0.226 e. The summed E-state index contributed by atoms with van der Waals surface area (Å²) in [6.07, 6.45) is 8.58. The highest BCUT2D eigenvalue weighted by Gasteiger charge is 2.31. The van der Waals surface area contributed by atoms with Crippen LogP contribution in [0.15, 0.2) is 4.52 Å². The first-order valence-electron chi connectivity index (χ1n) is 8.14. The summed E-state index contributed by atoms with van der Waals surface area (Å²) in [5.74, 6) is 1.64. The largest absolute Gasteiger partial charge is 0.339 e. The van der Waals surface area contributed by atoms with Gasteiger partial charge in [-0.3, -0.25) is 4.90 Å². The molecule has 1 aliphatic carbocycles. The van der Waals surface area contributed by atoms with Gasteiger partial charge < -0.3 is 9.84 Å². The minimum absolute atomic E-state index is 0.645. The van der Waals surface area contributed by atoms with Gasteiger partial charge in [-0.2, -0.15) is 4.98 Å². The van der Waals surface area contributed by atoms with E-state index in [0.29, 0.717) is 6.04 Å². The molecule has 1 aromatic rings. The standard InChI is InChI=1S/C15H26N4O/c1-2-5-15-17-14(18-20-15)11-19(13-7-8-13)10-12-6-3-4-9-16-12/h12-13,16H,2-11H2,1H3. The van der Waals surface area contributed by atoms with Crippen molar-refractivity contribution >= 4 is 0 Å². The molecule has 0 amide bonds. The zero-order valence-electron chi connectivity index (χ0n) is 12.5. The Labute approximate surface area is 121 Å². The van der Waals surface area contributed by atoms with Crippen molar-refractivity contribution < 1.29 is 4.52 Å². The Bertz CT molecular complexity index is 410. The fraction of sp³-hybridized carbons (Fsp3) is 0.867. The van der Waals surface area contributed by atoms with E-state index in [1.54, 1.807) is 0 Å². The van der Waals surface area contributed by atoms with Gasteiger partial charge in [0.1, 0.15) is 0 Å². The second-order valence-corrected chi connectivity index (χ2v) is 6.16. The Balaban J connectivity index is 1.55. The summed E-state index contributed by atoms with van der Waals surface area (Å²) in [5, 5.41) is 7.77. The maximum atomic E-state index is 5.29. The van der Waals surface area contributed by atoms with Crippen LogP contribution in [0.3, 0.4) is 0 Å². The van der Waals surface area contributed by atoms with Gasteiger partial charge in [0.2, 0.25) is 5.89 Å². The van der Waals surface area contributed by atoms with Crippen molar-refractivity contribution in [3.63, 3.8) is 0 Å². The molecule has 5 nitrogen and oxygen atoms in total. The van der Waals surface area contributed by atoms with Gasteiger partial charge in [-0.15, -0.1) is 0 Å². The molecule has 2 fully saturated rings. The summed E-state index contributed by atoms with van der Waals surface area (Å²) in [5.41, 5.74) is 0. The van der Waals surface area contributed by atoms with Crippen molar-refractivity contribution in [3.8, 4) is 0 Å². The molecular weight excluding hydrogens is 252 g/mol. The van der Waals surface area contributed by atoms with E-state index in [0.717, 1.165) is 43.7 Å². The Hall–Kier alpha value is -0.940. The van der Waals surface area contributed by atoms with Crippen molar-refractivity contribution in [2.24, 2.45) is 0 Å². The summed E-state index contributed by atoms with van der Waals surface area (Å²) < 4.78 is 5.29. The second kappa shape index (κ2) is 6.68. The normalized spacial score (nSPS) is 23.4. The fourth-order valence-corrected chi connectivity index (χ4v) is 3.00. The molecule has 112 valence electrons. The lowest BCUT2D eigenvalue weighted by Crippen LogP contribution is -2.44. The molecule has 0 spiro atoms. The quantitative estimate of drug-likeness (QED) is 0.828. The number of hydrogen-bond donors (Lipinski definition) is 1. The minimum atomic E-state index is 0.645. The predicted molar refractivity (Wildman–Crippen MR) is 77.4 cm³/mol. The SMILES string of the molecule is CCCc1nc(CN(CC2CCCCN2)C2CC2)no1. The zero-order chi connectivity index (χ0) is 13.8. The van der Waals surface area contributed by atoms with E-state index in [2.05, 4.69) is 27.3 Å². The third-order valence-electron chi connectivity index (χ3n) is 4.25. The average molecular weight is 278 g/mol. The molecule has 0 bridgehead atoms. The molecule has 0 aromatic carbocycles. The lowest BCUT2D eigenvalue weighted by atomic mass is 10.0. The van der Waals surface area contributed by atoms with E-state index in [9.17, 15) is 0 Å². The summed E-state index contributed by atoms with van der Waals surface area (Å²) in [6.45, 7) is 5.28. The van der Waals surface area contributed by atoms with Crippen LogP contribution in [-0.4, -0.2) is 40.2 Å². The molecule has 1 atom stereocenters. The number of nitrogens with zero attached hydrogens (tertiary/aromatic N) is 3. The molecule has 5 heteroatoms. The molecule has 0 radical (unpaired) electrons. The van der Waals surface area contributed by atoms with Gasteiger partial charge in [0, 0.05) is 25.0 Å². The van der Waals surface area contributed by atoms with Crippen LogP contribution in [0.2, 0.25) is 0 Å². The zero-order valence-corrected chi connectivity index (χ0v) is 12.5. The van der Waals surface area contributed by atoms with Gasteiger partial charge in [-0.25, -0.2) is 0 Å². The van der Waals surface area contributed by atoms with Crippen molar-refractivity contribution in [2.75, 3.05) is 13.1 Å². The van der Waals surface area contributed by atoms with E-state index in [4.69, 9.17) is 4.52 Å². The number of piperidine rings is 1. The Morgan fingerprint density at radius 3 is 2.90 bits per heavy atom. The van der Waals surface area contributed by atoms with E-state index in [1.165, 1.54) is 38.6 Å². The van der Waals surface area contributed by atoms with Crippen LogP contribution >= 0.6 is 0 Å². The molecule has 1 aromatic heterocycles. The van der Waals surface area contributed by atoms with E-state index in [1.807, 2.05) is 0 Å². The molecule has 2 heterocycles. The molecule has 3 rings (SSSR count). The van der Waals surface area contributed by atoms with Crippen LogP contribution < -0.4 is 5.32 Å². The number of nitrogens with one attached hydrogen (secondary N) is 1. The van der Waals surface area contributed by atoms with Gasteiger partial charge in [0.15, 0.2) is 5.82 Å². The third kappa shape index (κ3) is 3.79. The molecule has 1 unspecified atom stereocenters. The Morgan fingerprint density at radius 1 is 1.30 bits per heavy atom. The number of aryl methyl sites for hydroxylation is 1. The third-order valence-corrected chi connectivity index (χ3v) is 4.25. The van der Waals surface area contributed by atoms with Crippen molar-refractivity contribution in [1.29, 1.82) is 0 Å². The van der Waals surface area contributed by atoms with Crippen LogP contribution in [0.1, 0.15) is 57.2 Å². The Morgan fingerprint density at radius 2 is 2.20 bits per heavy atom. The fourth-order valence-electron chi connectivity index (χ4n) is 3.00. The van der Waals surface area contributed by atoms with Crippen LogP contribution in [0, 0.1) is 0 Å². The van der Waals surface area contributed by atoms with Crippen molar-refractivity contribution in [2.45, 2.75) is 70.5 Å². The highest BCUT2D eigenvalue weighted by molar-refractivity contribution is 4.93. The monoisotopic (exact) mass is 278 g/mol. The summed E-state index contributed by atoms with van der Waals surface area (Å²) in [7, 11) is 0. The first-order valence-corrected chi connectivity index (χ1v) is 8.14. The predicted octanol–water partition coefficient (Wildman–Crippen LogP) is 2.13. The van der Waals surface area contributed by atoms with Crippen LogP contribution in [0.4, 0.5) is 0 Å². The van der Waals surface area contributed by atoms with Gasteiger partial charge in [0.05, 0.1) is 6.54 Å². The molecule has 1 aliphatic heterocycles. The molecule has 1 saturated heterocycles. The highest BCUT2D eigenvalue weighted by atomic mass is 16.5. The lowest BCUT2D eigenvalue weighted by molar-refractivity contribution is 0.201. The molecular formula is C15H26N4O. The first-order chi connectivity index (χ1) is 9.85. The van der Waals surface area contributed by atoms with Crippen molar-refractivity contribution in [3.05, 3.63) is 11.7 Å². The topological polar surface area (TPSA) is 54.2 Å². The number of rotatable bonds is 7. The molecule has 1 N–H and O–H groups in total. The Kier molecular flexibility index (Phi) is 4.68. The lowest BCUT2D eigenvalue weighted by Gasteiger charge is -2.29. The second-order valence-electron chi connectivity index (χ2n) is 6.16. The van der Waals surface area contributed by atoms with Crippen molar-refractivity contribution in [1.82, 2.24) is 20.4 Å². The molecule has 2 aliphatic rings. The van der Waals surface area contributed by atoms with Gasteiger partial charge in [0.25, 0.3) is 0 Å². The average Bonchev–Trinajstić information content (AvgIpc) is 3.22. The summed E-state index contributed by atoms with van der Waals surface area (Å²) in [6, 6.07) is 1.39. The molecule has 20 heavy (non-hydrogen) atoms. The summed E-state index contributed by atoms with van der Waals surface area (Å²) in [4.78, 5) is 7.05. The number of hydrogen-bond acceptors (Lipinski definition) is 5. The number of aromatic nitrogens is 2. The first kappa shape index (κ1) is 14.0. The van der Waals surface area contributed by atoms with E-state index in [-0.39, 0.29) is 0 Å². The minimum Gasteiger partial charge on any atom is -0.339 e. The van der Waals surface area contributed by atoms with Crippen LogP contribution in [-0.2, 0) is 13.0 Å². The van der Waals surface area contributed by atoms with Gasteiger partial charge in [-0.1, -0.05) is 18.5 Å². The van der Waals surface area contributed by atoms with E-state index >= 15 is 0 Å². The van der Waals surface area contributed by atoms with Gasteiger partial charge >= 0.3 is 0 Å². The van der Waals surface area contributed by atoms with Crippen LogP contribution in [0.5, 0.6) is 0 Å². The van der Waals surface area contributed by atoms with Gasteiger partial charge in [-0.05, 0) is 38.6 Å². The van der Waals surface area contributed by atoms with E-state index < -0.39 is 0 Å². The summed E-state index contributed by atoms with van der Waals surface area (Å²) >= 11 is 0. The maximum absolute atomic E-state index is 5.29. The molecule has 1 saturated carbocycles. The van der Waals surface area contributed by atoms with Crippen LogP contribution in [0.25, 0.3) is 0 Å². The maximum Gasteiger partial charge on any atom is 0.226 e. The highest BCUT2D eigenvalue weighted by Crippen LogP contribution is 2.28.